The molecule has 0 aliphatic heterocycles. The van der Waals surface area contributed by atoms with Gasteiger partial charge in [-0.05, 0) is 82.1 Å². The summed E-state index contributed by atoms with van der Waals surface area (Å²) in [5, 5.41) is 3.03. The van der Waals surface area contributed by atoms with Gasteiger partial charge in [-0.2, -0.15) is 0 Å². The summed E-state index contributed by atoms with van der Waals surface area (Å²) < 4.78 is 11.4. The van der Waals surface area contributed by atoms with Crippen LogP contribution in [0.4, 0.5) is 17.1 Å². The number of hydrogen-bond donors (Lipinski definition) is 1. The number of carbonyl (C=O) groups is 1. The highest BCUT2D eigenvalue weighted by Crippen LogP contribution is 2.42. The summed E-state index contributed by atoms with van der Waals surface area (Å²) in [5.41, 5.74) is 6.70. The van der Waals surface area contributed by atoms with Crippen LogP contribution in [-0.2, 0) is 15.2 Å². The van der Waals surface area contributed by atoms with Crippen molar-refractivity contribution in [2.24, 2.45) is 0 Å². The molecule has 3 rings (SSSR count). The molecule has 184 valence electrons. The Bertz CT molecular complexity index is 1120. The van der Waals surface area contributed by atoms with Gasteiger partial charge in [0.25, 0.3) is 5.91 Å². The molecule has 0 fully saturated rings. The zero-order valence-electron chi connectivity index (χ0n) is 21.2. The first-order valence-electron chi connectivity index (χ1n) is 12.0. The molecule has 0 atom stereocenters. The molecule has 0 saturated carbocycles. The monoisotopic (exact) mass is 490 g/mol. The quantitative estimate of drug-likeness (QED) is 0.275. The Hall–Kier alpha value is -2.98. The van der Waals surface area contributed by atoms with E-state index in [9.17, 15) is 4.79 Å². The Labute approximate surface area is 210 Å². The summed E-state index contributed by atoms with van der Waals surface area (Å²) in [6, 6.07) is 23.9. The fourth-order valence-corrected chi connectivity index (χ4v) is 5.03. The molecule has 0 bridgehead atoms. The van der Waals surface area contributed by atoms with Crippen molar-refractivity contribution in [3.05, 3.63) is 101 Å². The molecule has 0 spiro atoms. The molecular formula is C29H35N2O3P. The zero-order chi connectivity index (χ0) is 25.2. The number of carbonyl (C=O) groups excluding carboxylic acids is 1. The van der Waals surface area contributed by atoms with Gasteiger partial charge in [-0.1, -0.05) is 42.5 Å². The number of para-hydroxylation sites is 1. The number of nitrogens with zero attached hydrogens (tertiary/aromatic N) is 1. The number of anilines is 3. The van der Waals surface area contributed by atoms with Crippen LogP contribution in [-0.4, -0.2) is 19.1 Å². The third kappa shape index (κ3) is 7.25. The van der Waals surface area contributed by atoms with Crippen LogP contribution in [0.5, 0.6) is 0 Å². The molecule has 1 N–H and O–H groups in total. The van der Waals surface area contributed by atoms with Crippen molar-refractivity contribution < 1.29 is 13.8 Å². The number of hydrogen-bond acceptors (Lipinski definition) is 4. The van der Waals surface area contributed by atoms with E-state index in [1.807, 2.05) is 81.4 Å². The molecule has 3 aromatic rings. The van der Waals surface area contributed by atoms with Crippen molar-refractivity contribution in [3.63, 3.8) is 0 Å². The van der Waals surface area contributed by atoms with Crippen LogP contribution in [0, 0.1) is 6.92 Å². The maximum atomic E-state index is 13.1. The predicted molar refractivity (Wildman–Crippen MR) is 147 cm³/mol. The number of allylic oxidation sites excluding steroid dienone is 2. The van der Waals surface area contributed by atoms with Crippen LogP contribution >= 0.6 is 8.38 Å². The second-order valence-corrected chi connectivity index (χ2v) is 9.58. The molecule has 0 aliphatic rings. The number of aryl methyl sites for hydroxylation is 1. The third-order valence-electron chi connectivity index (χ3n) is 5.57. The van der Waals surface area contributed by atoms with E-state index < -0.39 is 8.38 Å². The summed E-state index contributed by atoms with van der Waals surface area (Å²) in [6.45, 7) is 11.4. The van der Waals surface area contributed by atoms with Gasteiger partial charge in [0.05, 0.1) is 13.2 Å². The Kier molecular flexibility index (Phi) is 10.0. The summed E-state index contributed by atoms with van der Waals surface area (Å²) in [4.78, 5) is 15.3. The second kappa shape index (κ2) is 13.2. The summed E-state index contributed by atoms with van der Waals surface area (Å²) >= 11 is 0. The number of nitrogens with one attached hydrogen (secondary N) is 1. The average molecular weight is 491 g/mol. The van der Waals surface area contributed by atoms with Gasteiger partial charge >= 0.3 is 0 Å². The van der Waals surface area contributed by atoms with E-state index in [-0.39, 0.29) is 5.91 Å². The van der Waals surface area contributed by atoms with E-state index in [1.165, 1.54) is 0 Å². The molecule has 3 aromatic carbocycles. The molecular weight excluding hydrogens is 455 g/mol. The largest absolute Gasteiger partial charge is 0.334 e. The Morgan fingerprint density at radius 2 is 1.63 bits per heavy atom. The minimum atomic E-state index is -0.936. The van der Waals surface area contributed by atoms with Crippen LogP contribution in [0.1, 0.15) is 49.2 Å². The maximum absolute atomic E-state index is 13.1. The summed E-state index contributed by atoms with van der Waals surface area (Å²) in [6.07, 6.45) is 2.80. The first-order valence-corrected chi connectivity index (χ1v) is 13.4. The lowest BCUT2D eigenvalue weighted by molar-refractivity contribution is 0.102. The minimum absolute atomic E-state index is 0.143. The number of rotatable bonds is 11. The predicted octanol–water partition coefficient (Wildman–Crippen LogP) is 8.19. The van der Waals surface area contributed by atoms with Gasteiger partial charge in [0, 0.05) is 34.5 Å². The van der Waals surface area contributed by atoms with Crippen LogP contribution in [0.2, 0.25) is 0 Å². The van der Waals surface area contributed by atoms with Gasteiger partial charge in [0.1, 0.15) is 0 Å². The molecule has 0 radical (unpaired) electrons. The van der Waals surface area contributed by atoms with E-state index in [1.54, 1.807) is 0 Å². The smallest absolute Gasteiger partial charge is 0.255 e. The second-order valence-electron chi connectivity index (χ2n) is 8.08. The van der Waals surface area contributed by atoms with Gasteiger partial charge in [-0.15, -0.1) is 0 Å². The molecule has 5 nitrogen and oxygen atoms in total. The fourth-order valence-electron chi connectivity index (χ4n) is 3.69. The molecule has 0 aliphatic carbocycles. The van der Waals surface area contributed by atoms with Crippen LogP contribution < -0.4 is 10.2 Å². The highest BCUT2D eigenvalue weighted by atomic mass is 31.2. The highest BCUT2D eigenvalue weighted by molar-refractivity contribution is 7.46. The van der Waals surface area contributed by atoms with E-state index in [0.717, 1.165) is 40.0 Å². The summed E-state index contributed by atoms with van der Waals surface area (Å²) in [7, 11) is -0.936. The highest BCUT2D eigenvalue weighted by Gasteiger charge is 2.17. The van der Waals surface area contributed by atoms with Crippen molar-refractivity contribution >= 4 is 31.3 Å². The molecule has 0 saturated heterocycles. The molecule has 0 heterocycles. The molecule has 35 heavy (non-hydrogen) atoms. The van der Waals surface area contributed by atoms with Crippen molar-refractivity contribution in [1.82, 2.24) is 0 Å². The van der Waals surface area contributed by atoms with Crippen LogP contribution in [0.25, 0.3) is 0 Å². The maximum Gasteiger partial charge on any atom is 0.255 e. The van der Waals surface area contributed by atoms with Crippen molar-refractivity contribution in [2.75, 3.05) is 23.4 Å². The van der Waals surface area contributed by atoms with E-state index in [4.69, 9.17) is 9.05 Å². The lowest BCUT2D eigenvalue weighted by Gasteiger charge is -2.28. The van der Waals surface area contributed by atoms with Crippen molar-refractivity contribution in [3.8, 4) is 0 Å². The molecule has 1 amide bonds. The molecule has 0 unspecified atom stereocenters. The fraction of sp³-hybridized carbons (Fsp3) is 0.276. The van der Waals surface area contributed by atoms with Crippen LogP contribution in [0.3, 0.4) is 0 Å². The lowest BCUT2D eigenvalue weighted by Crippen LogP contribution is -2.17. The lowest BCUT2D eigenvalue weighted by atomic mass is 10.1. The van der Waals surface area contributed by atoms with E-state index >= 15 is 0 Å². The normalized spacial score (nSPS) is 11.5. The van der Waals surface area contributed by atoms with Gasteiger partial charge < -0.3 is 19.3 Å². The number of benzene rings is 3. The summed E-state index contributed by atoms with van der Waals surface area (Å²) in [5.74, 6) is -0.143. The molecule has 6 heteroatoms. The topological polar surface area (TPSA) is 50.8 Å². The minimum Gasteiger partial charge on any atom is -0.334 e. The average Bonchev–Trinajstić information content (AvgIpc) is 2.87. The SMILES string of the molecule is C/C=C(/C)N(c1ccccc1)c1cc(C(=O)Nc2ccc(CP(OCC)OCC)cc2)ccc1C. The van der Waals surface area contributed by atoms with Gasteiger partial charge in [0.15, 0.2) is 8.38 Å². The zero-order valence-corrected chi connectivity index (χ0v) is 22.1. The first kappa shape index (κ1) is 26.6. The van der Waals surface area contributed by atoms with E-state index in [0.29, 0.717) is 18.8 Å². The van der Waals surface area contributed by atoms with Gasteiger partial charge in [-0.3, -0.25) is 4.79 Å². The van der Waals surface area contributed by atoms with Crippen molar-refractivity contribution in [1.29, 1.82) is 0 Å². The van der Waals surface area contributed by atoms with E-state index in [2.05, 4.69) is 42.3 Å². The number of amides is 1. The molecule has 0 aromatic heterocycles. The van der Waals surface area contributed by atoms with Crippen LogP contribution in [0.15, 0.2) is 84.6 Å². The van der Waals surface area contributed by atoms with Crippen molar-refractivity contribution in [2.45, 2.75) is 40.8 Å². The Balaban J connectivity index is 1.79. The van der Waals surface area contributed by atoms with Gasteiger partial charge in [0.2, 0.25) is 0 Å². The van der Waals surface area contributed by atoms with Gasteiger partial charge in [-0.25, -0.2) is 0 Å². The first-order chi connectivity index (χ1) is 17.0. The third-order valence-corrected chi connectivity index (χ3v) is 7.28. The Morgan fingerprint density at radius 1 is 0.971 bits per heavy atom. The standard InChI is InChI=1S/C29H35N2O3P/c1-6-23(5)31(27-12-10-9-11-13-27)28-20-25(17-14-22(28)4)29(32)30-26-18-15-24(16-19-26)21-35(33-7-2)34-8-3/h6,9-20H,7-8,21H2,1-5H3,(H,30,32)/b23-6-. The Morgan fingerprint density at radius 3 is 2.23 bits per heavy atom.